The fraction of sp³-hybridized carbons (Fsp3) is 0.133. The number of thiophene rings is 1. The lowest BCUT2D eigenvalue weighted by molar-refractivity contribution is 0.340. The highest BCUT2D eigenvalue weighted by Crippen LogP contribution is 2.39. The molecule has 3 N–H and O–H groups in total. The maximum absolute atomic E-state index is 6.01. The van der Waals surface area contributed by atoms with Crippen molar-refractivity contribution in [2.75, 3.05) is 12.3 Å². The first kappa shape index (κ1) is 14.0. The molecule has 0 saturated carbocycles. The first-order valence-corrected chi connectivity index (χ1v) is 7.71. The molecule has 21 heavy (non-hydrogen) atoms. The van der Waals surface area contributed by atoms with E-state index in [4.69, 9.17) is 22.1 Å². The van der Waals surface area contributed by atoms with Crippen molar-refractivity contribution in [3.8, 4) is 27.4 Å². The highest BCUT2D eigenvalue weighted by atomic mass is 35.5. The van der Waals surface area contributed by atoms with Crippen molar-refractivity contribution in [1.29, 1.82) is 0 Å². The second-order valence-corrected chi connectivity index (χ2v) is 6.14. The van der Waals surface area contributed by atoms with Crippen LogP contribution in [0, 0.1) is 0 Å². The van der Waals surface area contributed by atoms with Gasteiger partial charge in [0.25, 0.3) is 0 Å². The van der Waals surface area contributed by atoms with Gasteiger partial charge in [-0.3, -0.25) is 5.10 Å². The Morgan fingerprint density at radius 1 is 1.24 bits per heavy atom. The van der Waals surface area contributed by atoms with Gasteiger partial charge in [-0.15, -0.1) is 11.3 Å². The summed E-state index contributed by atoms with van der Waals surface area (Å²) in [7, 11) is 0. The van der Waals surface area contributed by atoms with Crippen LogP contribution in [0.15, 0.2) is 36.4 Å². The van der Waals surface area contributed by atoms with Crippen LogP contribution in [0.2, 0.25) is 4.34 Å². The van der Waals surface area contributed by atoms with E-state index in [1.165, 1.54) is 11.3 Å². The minimum Gasteiger partial charge on any atom is -0.494 e. The summed E-state index contributed by atoms with van der Waals surface area (Å²) in [5.41, 5.74) is 8.77. The van der Waals surface area contributed by atoms with E-state index in [9.17, 15) is 0 Å². The van der Waals surface area contributed by atoms with Gasteiger partial charge in [0.1, 0.15) is 5.75 Å². The summed E-state index contributed by atoms with van der Waals surface area (Å²) in [5.74, 6) is 1.31. The van der Waals surface area contributed by atoms with Crippen LogP contribution in [0.3, 0.4) is 0 Å². The summed E-state index contributed by atoms with van der Waals surface area (Å²) in [5, 5.41) is 7.11. The van der Waals surface area contributed by atoms with E-state index in [2.05, 4.69) is 10.2 Å². The lowest BCUT2D eigenvalue weighted by Gasteiger charge is -2.06. The topological polar surface area (TPSA) is 63.9 Å². The molecule has 0 spiro atoms. The van der Waals surface area contributed by atoms with Crippen LogP contribution in [0.1, 0.15) is 6.92 Å². The summed E-state index contributed by atoms with van der Waals surface area (Å²) in [6.07, 6.45) is 0. The van der Waals surface area contributed by atoms with Crippen LogP contribution in [0.5, 0.6) is 5.75 Å². The molecule has 0 aliphatic carbocycles. The van der Waals surface area contributed by atoms with E-state index in [-0.39, 0.29) is 0 Å². The highest BCUT2D eigenvalue weighted by molar-refractivity contribution is 7.19. The molecule has 3 aromatic rings. The summed E-state index contributed by atoms with van der Waals surface area (Å²) in [6, 6.07) is 11.6. The van der Waals surface area contributed by atoms with Crippen molar-refractivity contribution in [3.05, 3.63) is 40.7 Å². The van der Waals surface area contributed by atoms with E-state index in [0.717, 1.165) is 31.8 Å². The number of halogens is 1. The zero-order chi connectivity index (χ0) is 14.8. The first-order valence-electron chi connectivity index (χ1n) is 6.52. The number of anilines is 1. The Labute approximate surface area is 131 Å². The molecule has 2 heterocycles. The van der Waals surface area contributed by atoms with Gasteiger partial charge in [-0.05, 0) is 36.8 Å². The Bertz CT molecular complexity index is 749. The zero-order valence-corrected chi connectivity index (χ0v) is 13.0. The number of aromatic amines is 1. The monoisotopic (exact) mass is 319 g/mol. The molecule has 108 valence electrons. The third-order valence-electron chi connectivity index (χ3n) is 3.07. The van der Waals surface area contributed by atoms with Crippen LogP contribution in [-0.2, 0) is 0 Å². The third kappa shape index (κ3) is 2.75. The molecule has 0 saturated heterocycles. The fourth-order valence-electron chi connectivity index (χ4n) is 2.16. The van der Waals surface area contributed by atoms with Crippen molar-refractivity contribution in [1.82, 2.24) is 10.2 Å². The summed E-state index contributed by atoms with van der Waals surface area (Å²) in [6.45, 7) is 2.60. The van der Waals surface area contributed by atoms with E-state index in [1.54, 1.807) is 0 Å². The Hall–Kier alpha value is -1.98. The molecule has 6 heteroatoms. The van der Waals surface area contributed by atoms with Gasteiger partial charge in [0, 0.05) is 0 Å². The molecule has 4 nitrogen and oxygen atoms in total. The molecule has 0 aliphatic rings. The normalized spacial score (nSPS) is 10.8. The quantitative estimate of drug-likeness (QED) is 0.747. The van der Waals surface area contributed by atoms with Crippen molar-refractivity contribution in [3.63, 3.8) is 0 Å². The average molecular weight is 320 g/mol. The molecular formula is C15H14ClN3OS. The molecule has 0 atom stereocenters. The number of nitrogens with two attached hydrogens (primary N) is 1. The molecule has 0 fully saturated rings. The Morgan fingerprint density at radius 2 is 2.00 bits per heavy atom. The number of hydrogen-bond acceptors (Lipinski definition) is 4. The largest absolute Gasteiger partial charge is 0.494 e. The van der Waals surface area contributed by atoms with Crippen molar-refractivity contribution < 1.29 is 4.74 Å². The lowest BCUT2D eigenvalue weighted by Crippen LogP contribution is -1.92. The molecule has 0 unspecified atom stereocenters. The van der Waals surface area contributed by atoms with Gasteiger partial charge >= 0.3 is 0 Å². The summed E-state index contributed by atoms with van der Waals surface area (Å²) in [4.78, 5) is 1.01. The maximum atomic E-state index is 6.01. The Morgan fingerprint density at radius 3 is 2.62 bits per heavy atom. The Kier molecular flexibility index (Phi) is 3.86. The smallest absolute Gasteiger partial charge is 0.153 e. The molecule has 0 amide bonds. The number of ether oxygens (including phenoxy) is 1. The van der Waals surface area contributed by atoms with Crippen LogP contribution >= 0.6 is 22.9 Å². The van der Waals surface area contributed by atoms with Gasteiger partial charge in [0.05, 0.1) is 27.1 Å². The predicted molar refractivity (Wildman–Crippen MR) is 87.9 cm³/mol. The summed E-state index contributed by atoms with van der Waals surface area (Å²) >= 11 is 7.50. The second-order valence-electron chi connectivity index (χ2n) is 4.42. The molecular weight excluding hydrogens is 306 g/mol. The maximum Gasteiger partial charge on any atom is 0.153 e. The average Bonchev–Trinajstić information content (AvgIpc) is 3.06. The fourth-order valence-corrected chi connectivity index (χ4v) is 3.20. The number of nitrogens with zero attached hydrogens (tertiary/aromatic N) is 1. The number of H-pyrrole nitrogens is 1. The van der Waals surface area contributed by atoms with E-state index in [1.807, 2.05) is 43.3 Å². The highest BCUT2D eigenvalue weighted by Gasteiger charge is 2.16. The van der Waals surface area contributed by atoms with Gasteiger partial charge in [-0.1, -0.05) is 23.7 Å². The van der Waals surface area contributed by atoms with Crippen LogP contribution in [0.25, 0.3) is 21.7 Å². The lowest BCUT2D eigenvalue weighted by atomic mass is 10.0. The van der Waals surface area contributed by atoms with Crippen molar-refractivity contribution >= 4 is 28.8 Å². The number of nitrogens with one attached hydrogen (secondary N) is 1. The molecule has 1 aromatic carbocycles. The van der Waals surface area contributed by atoms with Crippen molar-refractivity contribution in [2.45, 2.75) is 6.92 Å². The number of hydrogen-bond donors (Lipinski definition) is 2. The molecule has 3 rings (SSSR count). The number of nitrogen functional groups attached to an aromatic ring is 1. The standard InChI is InChI=1S/C15H14ClN3OS/c1-2-20-10-5-3-9(4-6-10)13-14(18-19-15(13)17)11-7-8-12(16)21-11/h3-8H,2H2,1H3,(H3,17,18,19). The minimum atomic E-state index is 0.471. The van der Waals surface area contributed by atoms with Crippen LogP contribution in [0.4, 0.5) is 5.82 Å². The molecule has 0 radical (unpaired) electrons. The third-order valence-corrected chi connectivity index (χ3v) is 4.32. The van der Waals surface area contributed by atoms with E-state index < -0.39 is 0 Å². The van der Waals surface area contributed by atoms with Crippen LogP contribution < -0.4 is 10.5 Å². The van der Waals surface area contributed by atoms with E-state index >= 15 is 0 Å². The summed E-state index contributed by atoms with van der Waals surface area (Å²) < 4.78 is 6.19. The molecule has 2 aromatic heterocycles. The molecule has 0 bridgehead atoms. The van der Waals surface area contributed by atoms with Gasteiger partial charge < -0.3 is 10.5 Å². The van der Waals surface area contributed by atoms with Gasteiger partial charge in [-0.25, -0.2) is 0 Å². The number of aromatic nitrogens is 2. The van der Waals surface area contributed by atoms with Crippen molar-refractivity contribution in [2.24, 2.45) is 0 Å². The van der Waals surface area contributed by atoms with E-state index in [0.29, 0.717) is 12.4 Å². The van der Waals surface area contributed by atoms with Gasteiger partial charge in [0.2, 0.25) is 0 Å². The van der Waals surface area contributed by atoms with Gasteiger partial charge in [-0.2, -0.15) is 5.10 Å². The first-order chi connectivity index (χ1) is 10.2. The van der Waals surface area contributed by atoms with Crippen LogP contribution in [-0.4, -0.2) is 16.8 Å². The second kappa shape index (κ2) is 5.79. The minimum absolute atomic E-state index is 0.471. The zero-order valence-electron chi connectivity index (χ0n) is 11.4. The SMILES string of the molecule is CCOc1ccc(-c2c(N)n[nH]c2-c2ccc(Cl)s2)cc1. The number of benzene rings is 1. The Balaban J connectivity index is 2.04. The predicted octanol–water partition coefficient (Wildman–Crippen LogP) is 4.44. The molecule has 0 aliphatic heterocycles. The number of rotatable bonds is 4. The van der Waals surface area contributed by atoms with Gasteiger partial charge in [0.15, 0.2) is 5.82 Å².